The van der Waals surface area contributed by atoms with E-state index >= 15 is 4.39 Å². The predicted octanol–water partition coefficient (Wildman–Crippen LogP) is 13.4. The molecule has 0 amide bonds. The van der Waals surface area contributed by atoms with Crippen molar-refractivity contribution in [3.8, 4) is 55.6 Å². The molecule has 0 aliphatic rings. The van der Waals surface area contributed by atoms with E-state index in [-0.39, 0.29) is 5.82 Å². The number of rotatable bonds is 5. The van der Waals surface area contributed by atoms with Crippen LogP contribution in [0.4, 0.5) is 4.39 Å². The van der Waals surface area contributed by atoms with E-state index in [1.165, 1.54) is 0 Å². The third kappa shape index (κ3) is 5.69. The van der Waals surface area contributed by atoms with Crippen molar-refractivity contribution in [2.45, 2.75) is 0 Å². The highest BCUT2D eigenvalue weighted by Gasteiger charge is 2.28. The molecule has 0 fully saturated rings. The minimum absolute atomic E-state index is 0.382. The first-order chi connectivity index (χ1) is 20.3. The van der Waals surface area contributed by atoms with Gasteiger partial charge in [-0.05, 0) is 94.0 Å². The Morgan fingerprint density at radius 1 is 0.262 bits per heavy atom. The maximum absolute atomic E-state index is 17.5. The van der Waals surface area contributed by atoms with Crippen LogP contribution in [0.15, 0.2) is 121 Å². The van der Waals surface area contributed by atoms with Gasteiger partial charge in [0.2, 0.25) is 0 Å². The van der Waals surface area contributed by atoms with E-state index in [2.05, 4.69) is 0 Å². The molecule has 42 heavy (non-hydrogen) atoms. The number of hydrogen-bond donors (Lipinski definition) is 0. The van der Waals surface area contributed by atoms with E-state index in [0.29, 0.717) is 58.5 Å². The third-order valence-electron chi connectivity index (χ3n) is 7.10. The normalized spacial score (nSPS) is 11.1. The first-order valence-electron chi connectivity index (χ1n) is 13.0. The zero-order chi connectivity index (χ0) is 29.4. The van der Waals surface area contributed by atoms with Crippen LogP contribution in [-0.2, 0) is 0 Å². The zero-order valence-electron chi connectivity index (χ0n) is 21.8. The summed E-state index contributed by atoms with van der Waals surface area (Å²) < 4.78 is 17.5. The second-order valence-electron chi connectivity index (χ2n) is 9.72. The Kier molecular flexibility index (Phi) is 8.32. The van der Waals surface area contributed by atoms with E-state index in [1.54, 1.807) is 48.5 Å². The number of benzene rings is 6. The quantitative estimate of drug-likeness (QED) is 0.174. The molecule has 0 radical (unpaired) electrons. The summed E-state index contributed by atoms with van der Waals surface area (Å²) in [7, 11) is 0. The fourth-order valence-corrected chi connectivity index (χ4v) is 5.84. The van der Waals surface area contributed by atoms with Gasteiger partial charge in [0, 0.05) is 47.4 Å². The third-order valence-corrected chi connectivity index (χ3v) is 8.36. The summed E-state index contributed by atoms with van der Waals surface area (Å²) in [4.78, 5) is 0. The molecular weight excluding hydrogens is 629 g/mol. The van der Waals surface area contributed by atoms with Gasteiger partial charge in [-0.2, -0.15) is 0 Å². The lowest BCUT2D eigenvalue weighted by Crippen LogP contribution is -2.02. The van der Waals surface area contributed by atoms with Gasteiger partial charge in [0.05, 0.1) is 0 Å². The van der Waals surface area contributed by atoms with Gasteiger partial charge in [0.25, 0.3) is 0 Å². The Morgan fingerprint density at radius 2 is 0.429 bits per heavy atom. The van der Waals surface area contributed by atoms with Crippen molar-refractivity contribution >= 4 is 58.0 Å². The molecule has 206 valence electrons. The molecule has 0 aliphatic heterocycles. The number of halogens is 6. The van der Waals surface area contributed by atoms with Crippen molar-refractivity contribution in [1.29, 1.82) is 0 Å². The molecule has 6 aromatic carbocycles. The van der Waals surface area contributed by atoms with Crippen LogP contribution in [0, 0.1) is 5.82 Å². The maximum atomic E-state index is 17.5. The molecule has 0 nitrogen and oxygen atoms in total. The Labute approximate surface area is 268 Å². The van der Waals surface area contributed by atoms with Gasteiger partial charge in [-0.3, -0.25) is 0 Å². The summed E-state index contributed by atoms with van der Waals surface area (Å²) in [6.45, 7) is 0. The van der Waals surface area contributed by atoms with E-state index in [4.69, 9.17) is 58.0 Å². The van der Waals surface area contributed by atoms with Gasteiger partial charge in [-0.25, -0.2) is 4.39 Å². The summed E-state index contributed by atoms with van der Waals surface area (Å²) in [5, 5.41) is 2.87. The predicted molar refractivity (Wildman–Crippen MR) is 179 cm³/mol. The van der Waals surface area contributed by atoms with Crippen LogP contribution in [0.5, 0.6) is 0 Å². The first-order valence-corrected chi connectivity index (χ1v) is 14.9. The van der Waals surface area contributed by atoms with Crippen LogP contribution in [0.25, 0.3) is 55.6 Å². The highest BCUT2D eigenvalue weighted by molar-refractivity contribution is 6.32. The topological polar surface area (TPSA) is 0 Å². The van der Waals surface area contributed by atoms with Gasteiger partial charge in [0.15, 0.2) is 0 Å². The van der Waals surface area contributed by atoms with E-state index in [1.807, 2.05) is 72.8 Å². The molecule has 0 unspecified atom stereocenters. The van der Waals surface area contributed by atoms with E-state index in [0.717, 1.165) is 22.3 Å². The van der Waals surface area contributed by atoms with Crippen LogP contribution < -0.4 is 0 Å². The highest BCUT2D eigenvalue weighted by atomic mass is 35.5. The molecule has 0 heterocycles. The second-order valence-corrected chi connectivity index (χ2v) is 11.9. The number of hydrogen-bond acceptors (Lipinski definition) is 0. The van der Waals surface area contributed by atoms with Crippen LogP contribution in [0.1, 0.15) is 0 Å². The van der Waals surface area contributed by atoms with Crippen molar-refractivity contribution in [2.24, 2.45) is 0 Å². The lowest BCUT2D eigenvalue weighted by molar-refractivity contribution is 0.635. The van der Waals surface area contributed by atoms with Gasteiger partial charge >= 0.3 is 0 Å². The molecule has 6 rings (SSSR count). The molecule has 0 spiro atoms. The highest BCUT2D eigenvalue weighted by Crippen LogP contribution is 2.52. The molecule has 0 aromatic heterocycles. The van der Waals surface area contributed by atoms with Gasteiger partial charge in [0.1, 0.15) is 5.82 Å². The molecule has 0 N–H and O–H groups in total. The van der Waals surface area contributed by atoms with Crippen LogP contribution in [0.3, 0.4) is 0 Å². The van der Waals surface area contributed by atoms with Crippen molar-refractivity contribution in [1.82, 2.24) is 0 Å². The Bertz CT molecular complexity index is 1760. The molecule has 0 aliphatic carbocycles. The standard InChI is InChI=1S/C36H20Cl5F/c37-26-11-1-21(2-12-26)31-32(22-3-13-27(38)14-4-22)34(24-7-17-29(40)18-8-24)36(42)35(25-9-19-30(41)20-10-25)33(31)23-5-15-28(39)16-6-23/h1-20H. The molecule has 0 saturated carbocycles. The Morgan fingerprint density at radius 3 is 0.643 bits per heavy atom. The molecule has 0 atom stereocenters. The summed E-state index contributed by atoms with van der Waals surface area (Å²) in [5.74, 6) is -0.382. The second kappa shape index (κ2) is 12.1. The van der Waals surface area contributed by atoms with Crippen molar-refractivity contribution in [3.05, 3.63) is 152 Å². The summed E-state index contributed by atoms with van der Waals surface area (Å²) in [6, 6.07) is 36.8. The minimum atomic E-state index is -0.382. The monoisotopic (exact) mass is 646 g/mol. The largest absolute Gasteiger partial charge is 0.206 e. The summed E-state index contributed by atoms with van der Waals surface area (Å²) in [5.41, 5.74) is 6.91. The minimum Gasteiger partial charge on any atom is -0.206 e. The van der Waals surface area contributed by atoms with E-state index in [9.17, 15) is 0 Å². The maximum Gasteiger partial charge on any atom is 0.140 e. The average molecular weight is 649 g/mol. The first kappa shape index (κ1) is 28.8. The lowest BCUT2D eigenvalue weighted by Gasteiger charge is -2.25. The summed E-state index contributed by atoms with van der Waals surface area (Å²) >= 11 is 31.5. The lowest BCUT2D eigenvalue weighted by atomic mass is 9.78. The van der Waals surface area contributed by atoms with Crippen LogP contribution in [0.2, 0.25) is 25.1 Å². The Balaban J connectivity index is 1.87. The average Bonchev–Trinajstić information content (AvgIpc) is 2.99. The van der Waals surface area contributed by atoms with Crippen LogP contribution in [-0.4, -0.2) is 0 Å². The zero-order valence-corrected chi connectivity index (χ0v) is 25.6. The van der Waals surface area contributed by atoms with Crippen molar-refractivity contribution in [2.75, 3.05) is 0 Å². The SMILES string of the molecule is Fc1c(-c2ccc(Cl)cc2)c(-c2ccc(Cl)cc2)c(-c2ccc(Cl)cc2)c(-c2ccc(Cl)cc2)c1-c1ccc(Cl)cc1. The molecule has 0 saturated heterocycles. The van der Waals surface area contributed by atoms with Crippen molar-refractivity contribution in [3.63, 3.8) is 0 Å². The summed E-state index contributed by atoms with van der Waals surface area (Å²) in [6.07, 6.45) is 0. The van der Waals surface area contributed by atoms with E-state index < -0.39 is 0 Å². The fraction of sp³-hybridized carbons (Fsp3) is 0. The van der Waals surface area contributed by atoms with Crippen LogP contribution >= 0.6 is 58.0 Å². The Hall–Kier alpha value is -3.30. The smallest absolute Gasteiger partial charge is 0.140 e. The molecule has 6 aromatic rings. The fourth-order valence-electron chi connectivity index (χ4n) is 5.21. The van der Waals surface area contributed by atoms with Crippen molar-refractivity contribution < 1.29 is 4.39 Å². The van der Waals surface area contributed by atoms with Gasteiger partial charge in [-0.15, -0.1) is 0 Å². The van der Waals surface area contributed by atoms with Gasteiger partial charge < -0.3 is 0 Å². The molecule has 6 heteroatoms. The molecular formula is C36H20Cl5F. The molecule has 0 bridgehead atoms. The van der Waals surface area contributed by atoms with Gasteiger partial charge in [-0.1, -0.05) is 119 Å².